The van der Waals surface area contributed by atoms with Crippen LogP contribution in [0.2, 0.25) is 0 Å². The molecular formula is C21H17FN4OS. The van der Waals surface area contributed by atoms with E-state index in [1.54, 1.807) is 24.5 Å². The van der Waals surface area contributed by atoms with Gasteiger partial charge >= 0.3 is 0 Å². The van der Waals surface area contributed by atoms with Gasteiger partial charge in [0.15, 0.2) is 5.17 Å². The number of benzene rings is 1. The Morgan fingerprint density at radius 1 is 1.14 bits per heavy atom. The lowest BCUT2D eigenvalue weighted by Crippen LogP contribution is -2.19. The molecule has 0 bridgehead atoms. The molecule has 1 amide bonds. The lowest BCUT2D eigenvalue weighted by Gasteiger charge is -2.08. The summed E-state index contributed by atoms with van der Waals surface area (Å²) in [6.45, 7) is 4.05. The molecular weight excluding hydrogens is 375 g/mol. The number of thioether (sulfide) groups is 1. The molecule has 0 saturated carbocycles. The average Bonchev–Trinajstić information content (AvgIpc) is 3.16. The third-order valence-electron chi connectivity index (χ3n) is 4.39. The van der Waals surface area contributed by atoms with Crippen molar-refractivity contribution < 1.29 is 9.18 Å². The van der Waals surface area contributed by atoms with Crippen LogP contribution in [0.15, 0.2) is 64.8 Å². The van der Waals surface area contributed by atoms with Crippen molar-refractivity contribution in [3.8, 4) is 5.69 Å². The molecule has 1 saturated heterocycles. The zero-order chi connectivity index (χ0) is 19.7. The van der Waals surface area contributed by atoms with E-state index in [0.29, 0.717) is 15.8 Å². The third kappa shape index (κ3) is 3.61. The molecule has 1 N–H and O–H groups in total. The Bertz CT molecular complexity index is 1100. The SMILES string of the molecule is Cc1cc(C=C2SC(=Nc3ccc(F)cc3)NC2=O)c(C)n1-c1ccncc1. The number of hydrogen-bond donors (Lipinski definition) is 1. The molecule has 0 atom stereocenters. The van der Waals surface area contributed by atoms with E-state index in [9.17, 15) is 9.18 Å². The molecule has 3 heterocycles. The molecule has 140 valence electrons. The van der Waals surface area contributed by atoms with Gasteiger partial charge in [0.05, 0.1) is 10.6 Å². The highest BCUT2D eigenvalue weighted by molar-refractivity contribution is 8.18. The van der Waals surface area contributed by atoms with Crippen molar-refractivity contribution in [2.45, 2.75) is 13.8 Å². The number of carbonyl (C=O) groups is 1. The molecule has 0 aliphatic carbocycles. The summed E-state index contributed by atoms with van der Waals surface area (Å²) in [5.74, 6) is -0.517. The highest BCUT2D eigenvalue weighted by atomic mass is 32.2. The van der Waals surface area contributed by atoms with E-state index in [-0.39, 0.29) is 11.7 Å². The van der Waals surface area contributed by atoms with E-state index in [0.717, 1.165) is 22.6 Å². The Morgan fingerprint density at radius 2 is 1.86 bits per heavy atom. The quantitative estimate of drug-likeness (QED) is 0.667. The van der Waals surface area contributed by atoms with E-state index < -0.39 is 0 Å². The standard InChI is InChI=1S/C21H17FN4OS/c1-13-11-15(14(2)26(13)18-7-9-23-10-8-18)12-19-20(27)25-21(28-19)24-17-5-3-16(22)4-6-17/h3-12H,1-2H3,(H,24,25,27). The van der Waals surface area contributed by atoms with E-state index in [2.05, 4.69) is 19.9 Å². The van der Waals surface area contributed by atoms with Gasteiger partial charge in [0.1, 0.15) is 5.82 Å². The van der Waals surface area contributed by atoms with Gasteiger partial charge in [0, 0.05) is 29.5 Å². The lowest BCUT2D eigenvalue weighted by atomic mass is 10.2. The van der Waals surface area contributed by atoms with Gasteiger partial charge in [-0.25, -0.2) is 9.38 Å². The number of hydrogen-bond acceptors (Lipinski definition) is 4. The largest absolute Gasteiger partial charge is 0.318 e. The molecule has 0 radical (unpaired) electrons. The van der Waals surface area contributed by atoms with Crippen LogP contribution < -0.4 is 5.32 Å². The number of aryl methyl sites for hydroxylation is 1. The number of nitrogens with zero attached hydrogens (tertiary/aromatic N) is 3. The minimum absolute atomic E-state index is 0.195. The first-order valence-electron chi connectivity index (χ1n) is 8.66. The average molecular weight is 392 g/mol. The maximum atomic E-state index is 13.0. The topological polar surface area (TPSA) is 59.3 Å². The van der Waals surface area contributed by atoms with Crippen molar-refractivity contribution in [3.63, 3.8) is 0 Å². The number of nitrogens with one attached hydrogen (secondary N) is 1. The summed E-state index contributed by atoms with van der Waals surface area (Å²) in [5, 5.41) is 3.23. The Balaban J connectivity index is 1.63. The van der Waals surface area contributed by atoms with Crippen LogP contribution in [0, 0.1) is 19.7 Å². The second-order valence-electron chi connectivity index (χ2n) is 6.33. The summed E-state index contributed by atoms with van der Waals surface area (Å²) >= 11 is 1.27. The van der Waals surface area contributed by atoms with Gasteiger partial charge in [0.25, 0.3) is 5.91 Å². The van der Waals surface area contributed by atoms with E-state index in [1.165, 1.54) is 23.9 Å². The summed E-state index contributed by atoms with van der Waals surface area (Å²) in [6, 6.07) is 11.8. The molecule has 1 aromatic carbocycles. The second kappa shape index (κ2) is 7.44. The number of aromatic nitrogens is 2. The van der Waals surface area contributed by atoms with Crippen molar-refractivity contribution in [1.82, 2.24) is 14.9 Å². The summed E-state index contributed by atoms with van der Waals surface area (Å²) < 4.78 is 15.1. The first-order valence-corrected chi connectivity index (χ1v) is 9.47. The van der Waals surface area contributed by atoms with Crippen LogP contribution in [0.3, 0.4) is 0 Å². The van der Waals surface area contributed by atoms with Crippen LogP contribution >= 0.6 is 11.8 Å². The maximum absolute atomic E-state index is 13.0. The highest BCUT2D eigenvalue weighted by Crippen LogP contribution is 2.30. The van der Waals surface area contributed by atoms with Crippen molar-refractivity contribution in [1.29, 1.82) is 0 Å². The zero-order valence-corrected chi connectivity index (χ0v) is 16.1. The number of amidine groups is 1. The number of carbonyl (C=O) groups excluding carboxylic acids is 1. The van der Waals surface area contributed by atoms with Gasteiger partial charge in [0.2, 0.25) is 0 Å². The van der Waals surface area contributed by atoms with E-state index in [1.807, 2.05) is 38.1 Å². The minimum atomic E-state index is -0.322. The first kappa shape index (κ1) is 18.2. The number of pyridine rings is 1. The molecule has 0 spiro atoms. The van der Waals surface area contributed by atoms with Crippen molar-refractivity contribution in [2.75, 3.05) is 0 Å². The summed E-state index contributed by atoms with van der Waals surface area (Å²) in [5.41, 5.74) is 4.68. The zero-order valence-electron chi connectivity index (χ0n) is 15.3. The van der Waals surface area contributed by atoms with E-state index in [4.69, 9.17) is 0 Å². The number of rotatable bonds is 3. The molecule has 1 aliphatic rings. The maximum Gasteiger partial charge on any atom is 0.264 e. The lowest BCUT2D eigenvalue weighted by molar-refractivity contribution is -0.115. The fraction of sp³-hybridized carbons (Fsp3) is 0.0952. The smallest absolute Gasteiger partial charge is 0.264 e. The third-order valence-corrected chi connectivity index (χ3v) is 5.30. The van der Waals surface area contributed by atoms with Gasteiger partial charge in [-0.15, -0.1) is 0 Å². The molecule has 3 aromatic rings. The summed E-state index contributed by atoms with van der Waals surface area (Å²) in [7, 11) is 0. The summed E-state index contributed by atoms with van der Waals surface area (Å²) in [4.78, 5) is 21.3. The molecule has 4 rings (SSSR count). The van der Waals surface area contributed by atoms with Crippen LogP contribution in [0.4, 0.5) is 10.1 Å². The number of aliphatic imine (C=N–C) groups is 1. The second-order valence-corrected chi connectivity index (χ2v) is 7.36. The molecule has 28 heavy (non-hydrogen) atoms. The minimum Gasteiger partial charge on any atom is -0.318 e. The Kier molecular flexibility index (Phi) is 4.83. The monoisotopic (exact) mass is 392 g/mol. The van der Waals surface area contributed by atoms with Gasteiger partial charge in [-0.05, 0) is 79.7 Å². The van der Waals surface area contributed by atoms with Crippen LogP contribution in [-0.2, 0) is 4.79 Å². The molecule has 2 aromatic heterocycles. The van der Waals surface area contributed by atoms with Gasteiger partial charge in [-0.2, -0.15) is 0 Å². The van der Waals surface area contributed by atoms with Crippen molar-refractivity contribution >= 4 is 34.6 Å². The van der Waals surface area contributed by atoms with Gasteiger partial charge in [-0.1, -0.05) is 0 Å². The fourth-order valence-electron chi connectivity index (χ4n) is 3.08. The molecule has 1 aliphatic heterocycles. The first-order chi connectivity index (χ1) is 13.5. The van der Waals surface area contributed by atoms with Crippen LogP contribution in [-0.4, -0.2) is 20.6 Å². The highest BCUT2D eigenvalue weighted by Gasteiger charge is 2.24. The number of halogens is 1. The molecule has 5 nitrogen and oxygen atoms in total. The van der Waals surface area contributed by atoms with Crippen LogP contribution in [0.5, 0.6) is 0 Å². The predicted octanol–water partition coefficient (Wildman–Crippen LogP) is 4.52. The van der Waals surface area contributed by atoms with Crippen molar-refractivity contribution in [2.24, 2.45) is 4.99 Å². The Morgan fingerprint density at radius 3 is 2.57 bits per heavy atom. The fourth-order valence-corrected chi connectivity index (χ4v) is 3.91. The Hall–Kier alpha value is -3.19. The van der Waals surface area contributed by atoms with Gasteiger partial charge in [-0.3, -0.25) is 9.78 Å². The van der Waals surface area contributed by atoms with Crippen molar-refractivity contribution in [3.05, 3.63) is 82.5 Å². The predicted molar refractivity (Wildman–Crippen MR) is 110 cm³/mol. The van der Waals surface area contributed by atoms with E-state index >= 15 is 0 Å². The molecule has 1 fully saturated rings. The van der Waals surface area contributed by atoms with Crippen LogP contribution in [0.25, 0.3) is 11.8 Å². The Labute approximate surface area is 166 Å². The van der Waals surface area contributed by atoms with Gasteiger partial charge < -0.3 is 9.88 Å². The van der Waals surface area contributed by atoms with Crippen LogP contribution in [0.1, 0.15) is 17.0 Å². The molecule has 7 heteroatoms. The number of amides is 1. The summed E-state index contributed by atoms with van der Waals surface area (Å²) in [6.07, 6.45) is 5.38. The molecule has 0 unspecified atom stereocenters. The normalized spacial score (nSPS) is 16.8.